The Bertz CT molecular complexity index is 1030. The van der Waals surface area contributed by atoms with Crippen molar-refractivity contribution in [3.05, 3.63) is 74.7 Å². The molecule has 0 aliphatic heterocycles. The molecule has 0 atom stereocenters. The number of benzene rings is 2. The van der Waals surface area contributed by atoms with Crippen LogP contribution in [0.2, 0.25) is 0 Å². The lowest BCUT2D eigenvalue weighted by Gasteiger charge is -2.09. The van der Waals surface area contributed by atoms with Crippen LogP contribution in [0, 0.1) is 10.1 Å². The third-order valence-electron chi connectivity index (χ3n) is 3.74. The molecule has 1 heterocycles. The van der Waals surface area contributed by atoms with E-state index in [1.807, 2.05) is 0 Å². The summed E-state index contributed by atoms with van der Waals surface area (Å²) in [6, 6.07) is 12.9. The van der Waals surface area contributed by atoms with E-state index in [0.29, 0.717) is 16.5 Å². The fourth-order valence-corrected chi connectivity index (χ4v) is 2.53. The molecule has 0 unspecified atom stereocenters. The molecule has 1 amide bonds. The minimum atomic E-state index is -0.475. The number of nitrogens with zero attached hydrogens (tertiary/aromatic N) is 2. The van der Waals surface area contributed by atoms with E-state index >= 15 is 0 Å². The van der Waals surface area contributed by atoms with Gasteiger partial charge in [-0.25, -0.2) is 5.10 Å². The summed E-state index contributed by atoms with van der Waals surface area (Å²) in [5.74, 6) is -0.443. The minimum Gasteiger partial charge on any atom is -0.378 e. The van der Waals surface area contributed by atoms with Crippen LogP contribution in [0.15, 0.2) is 53.3 Å². The largest absolute Gasteiger partial charge is 0.378 e. The Morgan fingerprint density at radius 1 is 1.08 bits per heavy atom. The second-order valence-corrected chi connectivity index (χ2v) is 5.40. The van der Waals surface area contributed by atoms with Crippen LogP contribution < -0.4 is 16.2 Å². The maximum Gasteiger partial charge on any atom is 0.292 e. The highest BCUT2D eigenvalue weighted by Gasteiger charge is 2.14. The van der Waals surface area contributed by atoms with Gasteiger partial charge in [-0.05, 0) is 12.1 Å². The molecular weight excluding hydrogens is 338 g/mol. The zero-order valence-electron chi connectivity index (χ0n) is 13.6. The third kappa shape index (κ3) is 3.51. The standard InChI is InChI=1S/C17H15N5O4/c23-16-12-6-2-1-5-11(12)15(20-21-16)17(24)19-10-9-18-13-7-3-4-8-14(13)22(25)26/h1-8,18H,9-10H2,(H,19,24)(H,21,23). The second kappa shape index (κ2) is 7.43. The van der Waals surface area contributed by atoms with Gasteiger partial charge in [0.15, 0.2) is 5.69 Å². The first-order chi connectivity index (χ1) is 12.6. The first-order valence-electron chi connectivity index (χ1n) is 7.81. The summed E-state index contributed by atoms with van der Waals surface area (Å²) in [6.07, 6.45) is 0. The number of anilines is 1. The van der Waals surface area contributed by atoms with Gasteiger partial charge in [0.2, 0.25) is 0 Å². The van der Waals surface area contributed by atoms with Crippen LogP contribution in [0.4, 0.5) is 11.4 Å². The zero-order valence-corrected chi connectivity index (χ0v) is 13.6. The molecule has 0 spiro atoms. The van der Waals surface area contributed by atoms with Gasteiger partial charge in [-0.15, -0.1) is 0 Å². The molecule has 1 aromatic heterocycles. The maximum atomic E-state index is 12.3. The number of H-pyrrole nitrogens is 1. The number of carbonyl (C=O) groups is 1. The number of nitro groups is 1. The molecule has 9 heteroatoms. The monoisotopic (exact) mass is 353 g/mol. The Morgan fingerprint density at radius 3 is 2.54 bits per heavy atom. The Balaban J connectivity index is 1.65. The maximum absolute atomic E-state index is 12.3. The molecule has 3 aromatic rings. The van der Waals surface area contributed by atoms with Gasteiger partial charge >= 0.3 is 0 Å². The van der Waals surface area contributed by atoms with Gasteiger partial charge in [-0.1, -0.05) is 30.3 Å². The van der Waals surface area contributed by atoms with E-state index in [-0.39, 0.29) is 30.0 Å². The van der Waals surface area contributed by atoms with E-state index in [9.17, 15) is 19.7 Å². The molecule has 26 heavy (non-hydrogen) atoms. The smallest absolute Gasteiger partial charge is 0.292 e. The van der Waals surface area contributed by atoms with Crippen molar-refractivity contribution in [3.8, 4) is 0 Å². The SMILES string of the molecule is O=C(NCCNc1ccccc1[N+](=O)[O-])c1n[nH]c(=O)c2ccccc12. The lowest BCUT2D eigenvalue weighted by Crippen LogP contribution is -2.30. The molecule has 0 saturated heterocycles. The number of amides is 1. The number of carbonyl (C=O) groups excluding carboxylic acids is 1. The van der Waals surface area contributed by atoms with Crippen molar-refractivity contribution >= 4 is 28.1 Å². The van der Waals surface area contributed by atoms with Crippen LogP contribution in [0.25, 0.3) is 10.8 Å². The number of rotatable bonds is 6. The first kappa shape index (κ1) is 17.1. The van der Waals surface area contributed by atoms with Crippen LogP contribution in [0.5, 0.6) is 0 Å². The van der Waals surface area contributed by atoms with Crippen molar-refractivity contribution in [3.63, 3.8) is 0 Å². The Hall–Kier alpha value is -3.75. The summed E-state index contributed by atoms with van der Waals surface area (Å²) in [4.78, 5) is 34.6. The van der Waals surface area contributed by atoms with Gasteiger partial charge in [-0.2, -0.15) is 5.10 Å². The molecular formula is C17H15N5O4. The van der Waals surface area contributed by atoms with Crippen molar-refractivity contribution in [2.75, 3.05) is 18.4 Å². The number of para-hydroxylation sites is 2. The number of fused-ring (bicyclic) bond motifs is 1. The summed E-state index contributed by atoms with van der Waals surface area (Å²) >= 11 is 0. The van der Waals surface area contributed by atoms with Crippen molar-refractivity contribution in [1.82, 2.24) is 15.5 Å². The number of nitrogens with one attached hydrogen (secondary N) is 3. The summed E-state index contributed by atoms with van der Waals surface area (Å²) in [6.45, 7) is 0.512. The Labute approximate surface area is 147 Å². The highest BCUT2D eigenvalue weighted by molar-refractivity contribution is 6.04. The van der Waals surface area contributed by atoms with Crippen LogP contribution in [-0.2, 0) is 0 Å². The van der Waals surface area contributed by atoms with E-state index in [4.69, 9.17) is 0 Å². The summed E-state index contributed by atoms with van der Waals surface area (Å²) in [7, 11) is 0. The predicted octanol–water partition coefficient (Wildman–Crippen LogP) is 1.67. The number of aromatic amines is 1. The molecule has 3 N–H and O–H groups in total. The van der Waals surface area contributed by atoms with E-state index in [2.05, 4.69) is 20.8 Å². The molecule has 0 aliphatic rings. The molecule has 0 fully saturated rings. The molecule has 9 nitrogen and oxygen atoms in total. The minimum absolute atomic E-state index is 0.0351. The predicted molar refractivity (Wildman–Crippen MR) is 96.3 cm³/mol. The highest BCUT2D eigenvalue weighted by Crippen LogP contribution is 2.22. The van der Waals surface area contributed by atoms with Crippen LogP contribution in [0.1, 0.15) is 10.5 Å². The molecule has 0 aliphatic carbocycles. The molecule has 0 bridgehead atoms. The van der Waals surface area contributed by atoms with Gasteiger partial charge in [0, 0.05) is 24.5 Å². The van der Waals surface area contributed by atoms with Crippen LogP contribution in [0.3, 0.4) is 0 Å². The van der Waals surface area contributed by atoms with Crippen LogP contribution in [-0.4, -0.2) is 34.1 Å². The number of hydrogen-bond donors (Lipinski definition) is 3. The van der Waals surface area contributed by atoms with Crippen molar-refractivity contribution in [2.45, 2.75) is 0 Å². The summed E-state index contributed by atoms with van der Waals surface area (Å²) in [5, 5.41) is 23.5. The van der Waals surface area contributed by atoms with Gasteiger partial charge in [0.1, 0.15) is 5.69 Å². The fourth-order valence-electron chi connectivity index (χ4n) is 2.53. The lowest BCUT2D eigenvalue weighted by atomic mass is 10.1. The Kier molecular flexibility index (Phi) is 4.88. The van der Waals surface area contributed by atoms with Gasteiger partial charge in [0.05, 0.1) is 10.3 Å². The highest BCUT2D eigenvalue weighted by atomic mass is 16.6. The molecule has 2 aromatic carbocycles. The Morgan fingerprint density at radius 2 is 1.77 bits per heavy atom. The molecule has 0 saturated carbocycles. The molecule has 0 radical (unpaired) electrons. The normalized spacial score (nSPS) is 10.5. The molecule has 132 valence electrons. The average molecular weight is 353 g/mol. The second-order valence-electron chi connectivity index (χ2n) is 5.40. The quantitative estimate of drug-likeness (QED) is 0.351. The topological polar surface area (TPSA) is 130 Å². The number of nitro benzene ring substituents is 1. The third-order valence-corrected chi connectivity index (χ3v) is 3.74. The lowest BCUT2D eigenvalue weighted by molar-refractivity contribution is -0.384. The molecule has 3 rings (SSSR count). The summed E-state index contributed by atoms with van der Waals surface area (Å²) in [5.41, 5.74) is 0.0904. The average Bonchev–Trinajstić information content (AvgIpc) is 2.66. The van der Waals surface area contributed by atoms with E-state index in [1.165, 1.54) is 6.07 Å². The number of hydrogen-bond acceptors (Lipinski definition) is 6. The van der Waals surface area contributed by atoms with Gasteiger partial charge in [-0.3, -0.25) is 19.7 Å². The fraction of sp³-hybridized carbons (Fsp3) is 0.118. The van der Waals surface area contributed by atoms with Crippen LogP contribution >= 0.6 is 0 Å². The van der Waals surface area contributed by atoms with E-state index in [1.54, 1.807) is 42.5 Å². The van der Waals surface area contributed by atoms with Gasteiger partial charge < -0.3 is 10.6 Å². The van der Waals surface area contributed by atoms with Crippen molar-refractivity contribution in [1.29, 1.82) is 0 Å². The number of aromatic nitrogens is 2. The van der Waals surface area contributed by atoms with E-state index in [0.717, 1.165) is 0 Å². The zero-order chi connectivity index (χ0) is 18.5. The van der Waals surface area contributed by atoms with E-state index < -0.39 is 10.8 Å². The van der Waals surface area contributed by atoms with Gasteiger partial charge in [0.25, 0.3) is 17.2 Å². The summed E-state index contributed by atoms with van der Waals surface area (Å²) < 4.78 is 0. The van der Waals surface area contributed by atoms with Crippen molar-refractivity contribution < 1.29 is 9.72 Å². The van der Waals surface area contributed by atoms with Crippen molar-refractivity contribution in [2.24, 2.45) is 0 Å². The first-order valence-corrected chi connectivity index (χ1v) is 7.81.